The number of aromatic nitrogens is 4. The Morgan fingerprint density at radius 2 is 2.10 bits per heavy atom. The van der Waals surface area contributed by atoms with Gasteiger partial charge in [-0.15, -0.1) is 11.3 Å². The zero-order chi connectivity index (χ0) is 20.1. The van der Waals surface area contributed by atoms with E-state index >= 15 is 0 Å². The van der Waals surface area contributed by atoms with Gasteiger partial charge in [0.05, 0.1) is 17.5 Å². The molecular weight excluding hydrogens is 388 g/mol. The fourth-order valence-corrected chi connectivity index (χ4v) is 5.15. The van der Waals surface area contributed by atoms with Gasteiger partial charge in [0.2, 0.25) is 0 Å². The molecule has 0 spiro atoms. The molecule has 1 fully saturated rings. The van der Waals surface area contributed by atoms with Gasteiger partial charge in [-0.05, 0) is 31.9 Å². The minimum Gasteiger partial charge on any atom is -0.304 e. The molecule has 0 radical (unpaired) electrons. The number of halogens is 1. The highest BCUT2D eigenvalue weighted by Crippen LogP contribution is 2.33. The van der Waals surface area contributed by atoms with Gasteiger partial charge in [-0.25, -0.2) is 19.6 Å². The lowest BCUT2D eigenvalue weighted by Crippen LogP contribution is -2.29. The van der Waals surface area contributed by atoms with Crippen molar-refractivity contribution in [2.24, 2.45) is 0 Å². The molecule has 4 aromatic rings. The number of nitrogens with zero attached hydrogens (tertiary/aromatic N) is 5. The number of rotatable bonds is 2. The van der Waals surface area contributed by atoms with E-state index in [-0.39, 0.29) is 18.3 Å². The first-order chi connectivity index (χ1) is 14.0. The number of pyridine rings is 1. The number of thiophene rings is 1. The number of imidazole rings is 1. The third-order valence-corrected chi connectivity index (χ3v) is 6.81. The van der Waals surface area contributed by atoms with E-state index in [2.05, 4.69) is 15.9 Å². The molecule has 4 aromatic heterocycles. The minimum atomic E-state index is -0.396. The second-order valence-corrected chi connectivity index (χ2v) is 8.66. The lowest BCUT2D eigenvalue weighted by atomic mass is 9.42. The molecule has 5 rings (SSSR count). The number of aryl methyl sites for hydroxylation is 1. The Kier molecular flexibility index (Phi) is 4.25. The first kappa shape index (κ1) is 18.1. The third kappa shape index (κ3) is 3.04. The van der Waals surface area contributed by atoms with Crippen LogP contribution in [0, 0.1) is 24.0 Å². The average Bonchev–Trinajstić information content (AvgIpc) is 3.32. The number of fused-ring (bicyclic) bond motifs is 2. The summed E-state index contributed by atoms with van der Waals surface area (Å²) < 4.78 is 18.4. The van der Waals surface area contributed by atoms with E-state index in [1.165, 1.54) is 17.4 Å². The molecule has 0 N–H and O–H groups in total. The molecule has 1 aliphatic rings. The monoisotopic (exact) mass is 405 g/mol. The molecule has 144 valence electrons. The largest absolute Gasteiger partial charge is 0.304 e. The maximum absolute atomic E-state index is 14.5. The van der Waals surface area contributed by atoms with Crippen LogP contribution in [-0.4, -0.2) is 25.6 Å². The van der Waals surface area contributed by atoms with Crippen LogP contribution in [0.3, 0.4) is 0 Å². The van der Waals surface area contributed by atoms with Gasteiger partial charge in [-0.1, -0.05) is 12.6 Å². The van der Waals surface area contributed by atoms with Crippen molar-refractivity contribution < 1.29 is 4.39 Å². The maximum Gasteiger partial charge on any atom is 0.271 e. The van der Waals surface area contributed by atoms with Crippen molar-refractivity contribution in [2.75, 3.05) is 0 Å². The van der Waals surface area contributed by atoms with Gasteiger partial charge in [0.1, 0.15) is 4.70 Å². The van der Waals surface area contributed by atoms with Gasteiger partial charge < -0.3 is 4.40 Å². The van der Waals surface area contributed by atoms with Crippen LogP contribution in [0.4, 0.5) is 4.39 Å². The molecule has 0 bridgehead atoms. The molecule has 0 aromatic carbocycles. The lowest BCUT2D eigenvalue weighted by Gasteiger charge is -2.24. The van der Waals surface area contributed by atoms with Gasteiger partial charge in [0, 0.05) is 34.8 Å². The summed E-state index contributed by atoms with van der Waals surface area (Å²) in [6, 6.07) is 3.37. The summed E-state index contributed by atoms with van der Waals surface area (Å²) in [6.45, 7) is 1.91. The van der Waals surface area contributed by atoms with Gasteiger partial charge in [-0.2, -0.15) is 0 Å². The van der Waals surface area contributed by atoms with Crippen LogP contribution in [0.15, 0.2) is 35.6 Å². The van der Waals surface area contributed by atoms with Crippen LogP contribution in [0.2, 0.25) is 12.6 Å². The molecule has 6 nitrogen and oxygen atoms in total. The van der Waals surface area contributed by atoms with Crippen molar-refractivity contribution in [1.29, 1.82) is 5.26 Å². The molecule has 29 heavy (non-hydrogen) atoms. The fraction of sp³-hybridized carbons (Fsp3) is 0.300. The molecule has 0 atom stereocenters. The molecule has 0 aliphatic carbocycles. The predicted octanol–water partition coefficient (Wildman–Crippen LogP) is 4.11. The molecule has 0 unspecified atom stereocenters. The quantitative estimate of drug-likeness (QED) is 0.471. The number of hydrogen-bond donors (Lipinski definition) is 0. The highest BCUT2D eigenvalue weighted by Gasteiger charge is 2.26. The minimum absolute atomic E-state index is 0.0633. The first-order valence-electron chi connectivity index (χ1n) is 9.59. The van der Waals surface area contributed by atoms with Crippen molar-refractivity contribution in [3.05, 3.63) is 52.7 Å². The normalized spacial score (nSPS) is 15.3. The van der Waals surface area contributed by atoms with Gasteiger partial charge in [0.25, 0.3) is 12.3 Å². The fourth-order valence-electron chi connectivity index (χ4n) is 4.12. The smallest absolute Gasteiger partial charge is 0.271 e. The topological polar surface area (TPSA) is 76.0 Å². The van der Waals surface area contributed by atoms with Crippen LogP contribution in [0.1, 0.15) is 24.6 Å². The van der Waals surface area contributed by atoms with Gasteiger partial charge >= 0.3 is 0 Å². The summed E-state index contributed by atoms with van der Waals surface area (Å²) in [5, 5.41) is 9.08. The van der Waals surface area contributed by atoms with Crippen LogP contribution < -0.4 is 5.56 Å². The standard InChI is InChI=1S/C20H17BFN5OS/c1-12-8-26-9-13(6-15(22)19(26)25-12)17-7-16-18(29-17)20(28)27(11-24-16)14-2-4-21(10-23)5-3-14/h6-9,11,14H,2-5H2,1H3. The summed E-state index contributed by atoms with van der Waals surface area (Å²) in [5.41, 5.74) is 2.29. The molecular formula is C20H17BFN5OS. The first-order valence-corrected chi connectivity index (χ1v) is 10.4. The number of hydrogen-bond acceptors (Lipinski definition) is 5. The highest BCUT2D eigenvalue weighted by atomic mass is 32.1. The summed E-state index contributed by atoms with van der Waals surface area (Å²) >= 11 is 1.34. The van der Waals surface area contributed by atoms with E-state index in [1.54, 1.807) is 21.5 Å². The summed E-state index contributed by atoms with van der Waals surface area (Å²) in [6.07, 6.45) is 8.46. The Bertz CT molecular complexity index is 1340. The van der Waals surface area contributed by atoms with Crippen LogP contribution in [0.25, 0.3) is 26.3 Å². The zero-order valence-electron chi connectivity index (χ0n) is 15.8. The molecule has 0 amide bonds. The average molecular weight is 405 g/mol. The second-order valence-electron chi connectivity index (χ2n) is 7.61. The molecule has 0 saturated carbocycles. The number of nitriles is 1. The van der Waals surface area contributed by atoms with E-state index in [0.29, 0.717) is 21.4 Å². The SMILES string of the molecule is Cc1cn2cc(-c3cc4ncn(C5CCB(C#N)CC5)c(=O)c4s3)cc(F)c2n1. The zero-order valence-corrected chi connectivity index (χ0v) is 16.6. The van der Waals surface area contributed by atoms with Crippen LogP contribution in [-0.2, 0) is 0 Å². The lowest BCUT2D eigenvalue weighted by molar-refractivity contribution is 0.440. The summed E-state index contributed by atoms with van der Waals surface area (Å²) in [5.74, 6) is 1.93. The Labute approximate surface area is 170 Å². The highest BCUT2D eigenvalue weighted by molar-refractivity contribution is 7.22. The van der Waals surface area contributed by atoms with Crippen molar-refractivity contribution in [3.63, 3.8) is 0 Å². The van der Waals surface area contributed by atoms with Gasteiger partial charge in [-0.3, -0.25) is 9.36 Å². The van der Waals surface area contributed by atoms with E-state index in [1.807, 2.05) is 19.2 Å². The molecule has 1 saturated heterocycles. The Balaban J connectivity index is 1.55. The van der Waals surface area contributed by atoms with E-state index in [4.69, 9.17) is 5.26 Å². The predicted molar refractivity (Wildman–Crippen MR) is 112 cm³/mol. The third-order valence-electron chi connectivity index (χ3n) is 5.65. The van der Waals surface area contributed by atoms with Crippen LogP contribution in [0.5, 0.6) is 0 Å². The summed E-state index contributed by atoms with van der Waals surface area (Å²) in [7, 11) is 0. The molecule has 5 heterocycles. The van der Waals surface area contributed by atoms with Crippen LogP contribution >= 0.6 is 11.3 Å². The van der Waals surface area contributed by atoms with E-state index in [9.17, 15) is 9.18 Å². The van der Waals surface area contributed by atoms with Crippen molar-refractivity contribution in [2.45, 2.75) is 38.4 Å². The van der Waals surface area contributed by atoms with Gasteiger partial charge in [0.15, 0.2) is 11.5 Å². The van der Waals surface area contributed by atoms with E-state index in [0.717, 1.165) is 36.1 Å². The Morgan fingerprint density at radius 1 is 1.31 bits per heavy atom. The molecule has 9 heteroatoms. The van der Waals surface area contributed by atoms with E-state index < -0.39 is 5.82 Å². The maximum atomic E-state index is 14.5. The molecule has 1 aliphatic heterocycles. The van der Waals surface area contributed by atoms with Crippen molar-refractivity contribution in [1.82, 2.24) is 18.9 Å². The Morgan fingerprint density at radius 3 is 2.86 bits per heavy atom. The summed E-state index contributed by atoms with van der Waals surface area (Å²) in [4.78, 5) is 22.6. The van der Waals surface area contributed by atoms with Crippen molar-refractivity contribution in [3.8, 4) is 16.4 Å². The van der Waals surface area contributed by atoms with Crippen molar-refractivity contribution >= 4 is 33.9 Å². The second kappa shape index (κ2) is 6.81. The Hall–Kier alpha value is -2.99.